The lowest BCUT2D eigenvalue weighted by molar-refractivity contribution is -0.147. The van der Waals surface area contributed by atoms with E-state index < -0.39 is 41.4 Å². The molecule has 0 saturated carbocycles. The molecule has 2 rings (SSSR count). The molecular weight excluding hydrogens is 367 g/mol. The van der Waals surface area contributed by atoms with Gasteiger partial charge in [-0.2, -0.15) is 18.4 Å². The van der Waals surface area contributed by atoms with Gasteiger partial charge in [-0.25, -0.2) is 9.59 Å². The Bertz CT molecular complexity index is 789. The molecule has 2 unspecified atom stereocenters. The summed E-state index contributed by atoms with van der Waals surface area (Å²) in [6, 6.07) is 1.63. The number of likely N-dealkylation sites (tertiary alicyclic amines) is 1. The van der Waals surface area contributed by atoms with Crippen molar-refractivity contribution in [2.75, 3.05) is 19.0 Å². The summed E-state index contributed by atoms with van der Waals surface area (Å²) in [5, 5.41) is 21.2. The van der Waals surface area contributed by atoms with E-state index in [4.69, 9.17) is 5.26 Å². The summed E-state index contributed by atoms with van der Waals surface area (Å²) in [6.45, 7) is 1.51. The largest absolute Gasteiger partial charge is 0.467 e. The van der Waals surface area contributed by atoms with Crippen LogP contribution in [0.25, 0.3) is 0 Å². The monoisotopic (exact) mass is 385 g/mol. The van der Waals surface area contributed by atoms with Crippen molar-refractivity contribution in [3.8, 4) is 6.07 Å². The summed E-state index contributed by atoms with van der Waals surface area (Å²) in [5.74, 6) is -0.818. The van der Waals surface area contributed by atoms with E-state index in [-0.39, 0.29) is 30.6 Å². The summed E-state index contributed by atoms with van der Waals surface area (Å²) in [6.07, 6.45) is -5.84. The van der Waals surface area contributed by atoms with Gasteiger partial charge in [0.1, 0.15) is 0 Å². The molecule has 27 heavy (non-hydrogen) atoms. The van der Waals surface area contributed by atoms with Crippen LogP contribution in [0.2, 0.25) is 0 Å². The number of nitriles is 1. The van der Waals surface area contributed by atoms with Crippen LogP contribution in [0.15, 0.2) is 12.1 Å². The predicted octanol–water partition coefficient (Wildman–Crippen LogP) is 2.28. The summed E-state index contributed by atoms with van der Waals surface area (Å²) < 4.78 is 44.8. The number of ether oxygens (including phenoxy) is 1. The Morgan fingerprint density at radius 2 is 2.11 bits per heavy atom. The number of aliphatic hydroxyl groups is 1. The number of methoxy groups -OCH3 is 1. The molecular formula is C17H18F3N3O4. The lowest BCUT2D eigenvalue weighted by Gasteiger charge is -2.25. The van der Waals surface area contributed by atoms with Gasteiger partial charge >= 0.3 is 18.2 Å². The molecule has 2 N–H and O–H groups in total. The molecule has 0 radical (unpaired) electrons. The number of hydrogen-bond acceptors (Lipinski definition) is 5. The zero-order valence-corrected chi connectivity index (χ0v) is 14.6. The van der Waals surface area contributed by atoms with Crippen LogP contribution in [-0.4, -0.2) is 47.8 Å². The summed E-state index contributed by atoms with van der Waals surface area (Å²) in [4.78, 5) is 25.3. The number of halogens is 3. The van der Waals surface area contributed by atoms with Crippen molar-refractivity contribution in [1.82, 2.24) is 4.90 Å². The van der Waals surface area contributed by atoms with Gasteiger partial charge in [-0.15, -0.1) is 0 Å². The van der Waals surface area contributed by atoms with Crippen LogP contribution in [0, 0.1) is 11.3 Å². The van der Waals surface area contributed by atoms with Gasteiger partial charge in [0.05, 0.1) is 30.4 Å². The first-order valence-corrected chi connectivity index (χ1v) is 8.12. The van der Waals surface area contributed by atoms with Crippen LogP contribution in [0.5, 0.6) is 0 Å². The van der Waals surface area contributed by atoms with Gasteiger partial charge in [-0.05, 0) is 30.5 Å². The van der Waals surface area contributed by atoms with E-state index in [0.29, 0.717) is 0 Å². The molecule has 0 aliphatic carbocycles. The first-order valence-electron chi connectivity index (χ1n) is 8.12. The molecule has 10 heteroatoms. The minimum Gasteiger partial charge on any atom is -0.467 e. The number of hydrogen-bond donors (Lipinski definition) is 2. The van der Waals surface area contributed by atoms with Crippen molar-refractivity contribution < 1.29 is 32.6 Å². The lowest BCUT2D eigenvalue weighted by atomic mass is 9.97. The lowest BCUT2D eigenvalue weighted by Crippen LogP contribution is -2.47. The Balaban J connectivity index is 2.39. The molecule has 0 aromatic heterocycles. The molecule has 0 bridgehead atoms. The maximum absolute atomic E-state index is 13.4. The van der Waals surface area contributed by atoms with Crippen LogP contribution in [0.3, 0.4) is 0 Å². The van der Waals surface area contributed by atoms with Gasteiger partial charge < -0.3 is 20.1 Å². The number of esters is 1. The maximum Gasteiger partial charge on any atom is 0.418 e. The zero-order valence-electron chi connectivity index (χ0n) is 14.6. The Kier molecular flexibility index (Phi) is 5.95. The minimum absolute atomic E-state index is 0.0383. The van der Waals surface area contributed by atoms with E-state index in [2.05, 4.69) is 10.1 Å². The molecule has 1 aromatic rings. The summed E-state index contributed by atoms with van der Waals surface area (Å²) >= 11 is 0. The first-order chi connectivity index (χ1) is 12.6. The smallest absolute Gasteiger partial charge is 0.418 e. The number of benzene rings is 1. The fourth-order valence-corrected chi connectivity index (χ4v) is 3.15. The molecule has 0 spiro atoms. The van der Waals surface area contributed by atoms with Gasteiger partial charge in [0, 0.05) is 12.2 Å². The average molecular weight is 385 g/mol. The SMILES string of the molecule is CCc1c(NC(=O)N2CCC(O)C2C(=O)OC)ccc(C#N)c1C(F)(F)F. The highest BCUT2D eigenvalue weighted by Crippen LogP contribution is 2.38. The van der Waals surface area contributed by atoms with Gasteiger partial charge in [0.2, 0.25) is 0 Å². The fourth-order valence-electron chi connectivity index (χ4n) is 3.15. The molecule has 1 aromatic carbocycles. The number of urea groups is 1. The normalized spacial score (nSPS) is 19.5. The third-order valence-corrected chi connectivity index (χ3v) is 4.38. The zero-order chi connectivity index (χ0) is 20.4. The number of amides is 2. The molecule has 1 heterocycles. The number of nitrogens with zero attached hydrogens (tertiary/aromatic N) is 2. The van der Waals surface area contributed by atoms with E-state index in [1.54, 1.807) is 0 Å². The number of carbonyl (C=O) groups excluding carboxylic acids is 2. The highest BCUT2D eigenvalue weighted by atomic mass is 19.4. The molecule has 1 saturated heterocycles. The Hall–Kier alpha value is -2.80. The molecule has 1 fully saturated rings. The summed E-state index contributed by atoms with van der Waals surface area (Å²) in [5.41, 5.74) is -1.99. The van der Waals surface area contributed by atoms with Crippen molar-refractivity contribution in [2.45, 2.75) is 38.1 Å². The second-order valence-electron chi connectivity index (χ2n) is 5.92. The van der Waals surface area contributed by atoms with Crippen LogP contribution in [0.1, 0.15) is 30.0 Å². The molecule has 146 valence electrons. The molecule has 7 nitrogen and oxygen atoms in total. The number of aliphatic hydroxyl groups excluding tert-OH is 1. The standard InChI is InChI=1S/C17H18F3N3O4/c1-3-10-11(5-4-9(8-21)13(10)17(18,19)20)22-16(26)23-7-6-12(24)14(23)15(25)27-2/h4-5,12,14,24H,3,6-7H2,1-2H3,(H,22,26). The minimum atomic E-state index is -4.77. The van der Waals surface area contributed by atoms with Crippen molar-refractivity contribution in [2.24, 2.45) is 0 Å². The molecule has 2 atom stereocenters. The van der Waals surface area contributed by atoms with Crippen molar-refractivity contribution in [1.29, 1.82) is 5.26 Å². The molecule has 1 aliphatic heterocycles. The van der Waals surface area contributed by atoms with Crippen LogP contribution < -0.4 is 5.32 Å². The Morgan fingerprint density at radius 3 is 2.63 bits per heavy atom. The number of nitrogens with one attached hydrogen (secondary N) is 1. The van der Waals surface area contributed by atoms with E-state index in [1.165, 1.54) is 19.1 Å². The average Bonchev–Trinajstić information content (AvgIpc) is 3.01. The quantitative estimate of drug-likeness (QED) is 0.777. The highest BCUT2D eigenvalue weighted by molar-refractivity contribution is 5.94. The second-order valence-corrected chi connectivity index (χ2v) is 5.92. The Labute approximate surface area is 153 Å². The molecule has 1 aliphatic rings. The number of carbonyl (C=O) groups is 2. The topological polar surface area (TPSA) is 103 Å². The third kappa shape index (κ3) is 3.98. The van der Waals surface area contributed by atoms with E-state index in [1.807, 2.05) is 0 Å². The summed E-state index contributed by atoms with van der Waals surface area (Å²) in [7, 11) is 1.11. The highest BCUT2D eigenvalue weighted by Gasteiger charge is 2.42. The number of rotatable bonds is 3. The second kappa shape index (κ2) is 7.84. The van der Waals surface area contributed by atoms with E-state index >= 15 is 0 Å². The molecule has 2 amide bonds. The maximum atomic E-state index is 13.4. The van der Waals surface area contributed by atoms with Crippen LogP contribution in [-0.2, 0) is 22.1 Å². The third-order valence-electron chi connectivity index (χ3n) is 4.38. The van der Waals surface area contributed by atoms with Crippen LogP contribution in [0.4, 0.5) is 23.7 Å². The van der Waals surface area contributed by atoms with Crippen molar-refractivity contribution >= 4 is 17.7 Å². The van der Waals surface area contributed by atoms with E-state index in [0.717, 1.165) is 18.1 Å². The van der Waals surface area contributed by atoms with Gasteiger partial charge in [-0.3, -0.25) is 0 Å². The van der Waals surface area contributed by atoms with Gasteiger partial charge in [0.15, 0.2) is 6.04 Å². The van der Waals surface area contributed by atoms with Crippen molar-refractivity contribution in [3.05, 3.63) is 28.8 Å². The van der Waals surface area contributed by atoms with Gasteiger partial charge in [-0.1, -0.05) is 6.92 Å². The number of alkyl halides is 3. The van der Waals surface area contributed by atoms with Crippen LogP contribution >= 0.6 is 0 Å². The van der Waals surface area contributed by atoms with Gasteiger partial charge in [0.25, 0.3) is 0 Å². The first kappa shape index (κ1) is 20.5. The predicted molar refractivity (Wildman–Crippen MR) is 87.7 cm³/mol. The fraction of sp³-hybridized carbons (Fsp3) is 0.471. The number of anilines is 1. The Morgan fingerprint density at radius 1 is 1.44 bits per heavy atom. The van der Waals surface area contributed by atoms with E-state index in [9.17, 15) is 27.9 Å². The van der Waals surface area contributed by atoms with Crippen molar-refractivity contribution in [3.63, 3.8) is 0 Å².